The molecule has 2 saturated heterocycles. The molecule has 4 heterocycles. The summed E-state index contributed by atoms with van der Waals surface area (Å²) in [5, 5.41) is 3.16. The molecule has 1 aromatic carbocycles. The van der Waals surface area contributed by atoms with Crippen molar-refractivity contribution in [2.75, 3.05) is 55.6 Å². The van der Waals surface area contributed by atoms with Crippen LogP contribution in [0.15, 0.2) is 30.3 Å². The fourth-order valence-electron chi connectivity index (χ4n) is 6.63. The summed E-state index contributed by atoms with van der Waals surface area (Å²) in [5.41, 5.74) is 1.89. The van der Waals surface area contributed by atoms with Gasteiger partial charge in [0.25, 0.3) is 0 Å². The van der Waals surface area contributed by atoms with Crippen molar-refractivity contribution in [1.82, 2.24) is 20.1 Å². The fraction of sp³-hybridized carbons (Fsp3) is 0.625. The molecular formula is C32H45FN6O5S. The molecule has 0 radical (unpaired) electrons. The zero-order chi connectivity index (χ0) is 31.9. The summed E-state index contributed by atoms with van der Waals surface area (Å²) in [6.45, 7) is 12.7. The molecule has 1 amide bonds. The average molecular weight is 645 g/mol. The SMILES string of the molecule is C[C@@H]1CN(CC(=O)N2c3cc(Cc4ccc(F)cc4)c(NS(=O)(=O)C4CC4)nc3OC[C@@H]2C)[C@@H](CN2[C@H](C)COC[C@H]2C)CN1. The predicted molar refractivity (Wildman–Crippen MR) is 171 cm³/mol. The number of anilines is 2. The number of hydrogen-bond donors (Lipinski definition) is 2. The quantitative estimate of drug-likeness (QED) is 0.425. The Bertz CT molecular complexity index is 1480. The summed E-state index contributed by atoms with van der Waals surface area (Å²) in [5.74, 6) is -0.0141. The van der Waals surface area contributed by atoms with Crippen molar-refractivity contribution in [1.29, 1.82) is 0 Å². The lowest BCUT2D eigenvalue weighted by atomic mass is 10.0. The van der Waals surface area contributed by atoms with Gasteiger partial charge >= 0.3 is 0 Å². The van der Waals surface area contributed by atoms with Gasteiger partial charge in [0.1, 0.15) is 23.9 Å². The molecule has 5 atom stereocenters. The average Bonchev–Trinajstić information content (AvgIpc) is 3.84. The van der Waals surface area contributed by atoms with Crippen LogP contribution in [0, 0.1) is 5.82 Å². The van der Waals surface area contributed by atoms with Crippen LogP contribution in [-0.2, 0) is 26.0 Å². The van der Waals surface area contributed by atoms with Crippen molar-refractivity contribution in [3.8, 4) is 5.88 Å². The maximum atomic E-state index is 14.2. The second kappa shape index (κ2) is 13.1. The number of morpholine rings is 1. The Morgan fingerprint density at radius 1 is 1.07 bits per heavy atom. The number of carbonyl (C=O) groups is 1. The maximum absolute atomic E-state index is 14.2. The highest BCUT2D eigenvalue weighted by molar-refractivity contribution is 7.93. The summed E-state index contributed by atoms with van der Waals surface area (Å²) in [6, 6.07) is 8.62. The number of ether oxygens (including phenoxy) is 2. The summed E-state index contributed by atoms with van der Waals surface area (Å²) in [4.78, 5) is 25.4. The van der Waals surface area contributed by atoms with Crippen LogP contribution < -0.4 is 19.7 Å². The number of amides is 1. The highest BCUT2D eigenvalue weighted by atomic mass is 32.2. The molecule has 2 aromatic rings. The summed E-state index contributed by atoms with van der Waals surface area (Å²) < 4.78 is 54.0. The van der Waals surface area contributed by atoms with Gasteiger partial charge in [0.05, 0.1) is 31.1 Å². The Morgan fingerprint density at radius 3 is 2.47 bits per heavy atom. The van der Waals surface area contributed by atoms with Crippen LogP contribution in [0.4, 0.5) is 15.9 Å². The van der Waals surface area contributed by atoms with Gasteiger partial charge < -0.3 is 19.7 Å². The molecule has 1 aromatic heterocycles. The Hall–Kier alpha value is -2.84. The fourth-order valence-corrected chi connectivity index (χ4v) is 8.00. The summed E-state index contributed by atoms with van der Waals surface area (Å²) >= 11 is 0. The maximum Gasteiger partial charge on any atom is 0.241 e. The van der Waals surface area contributed by atoms with Crippen LogP contribution in [0.2, 0.25) is 0 Å². The van der Waals surface area contributed by atoms with Gasteiger partial charge in [-0.3, -0.25) is 19.3 Å². The van der Waals surface area contributed by atoms with E-state index in [0.717, 1.165) is 25.2 Å². The number of rotatable bonds is 9. The molecule has 1 aliphatic carbocycles. The Morgan fingerprint density at radius 2 is 1.78 bits per heavy atom. The van der Waals surface area contributed by atoms with Crippen LogP contribution in [0.25, 0.3) is 0 Å². The molecule has 0 unspecified atom stereocenters. The molecule has 11 nitrogen and oxygen atoms in total. The van der Waals surface area contributed by atoms with Crippen molar-refractivity contribution in [3.05, 3.63) is 47.3 Å². The Balaban J connectivity index is 1.28. The standard InChI is InChI=1S/C32H45FN6O5S/c1-20-14-37(27(13-34-20)15-38-21(2)17-43-18-22(38)3)16-30(40)39-23(4)19-44-32-29(39)12-25(11-24-5-7-26(33)8-6-24)31(35-32)36-45(41,42)28-9-10-28/h5-8,12,20-23,27-28,34H,9-11,13-19H2,1-4H3,(H,35,36)/t20-,21-,22-,23+,27-/m1/s1. The second-order valence-electron chi connectivity index (χ2n) is 13.2. The number of hydrogen-bond acceptors (Lipinski definition) is 9. The Labute approximate surface area is 265 Å². The minimum atomic E-state index is -3.61. The smallest absolute Gasteiger partial charge is 0.241 e. The van der Waals surface area contributed by atoms with Gasteiger partial charge in [-0.15, -0.1) is 0 Å². The highest BCUT2D eigenvalue weighted by Crippen LogP contribution is 2.38. The number of carbonyl (C=O) groups excluding carboxylic acids is 1. The molecule has 6 rings (SSSR count). The molecule has 13 heteroatoms. The van der Waals surface area contributed by atoms with Crippen LogP contribution in [0.3, 0.4) is 0 Å². The minimum Gasteiger partial charge on any atom is -0.474 e. The first kappa shape index (κ1) is 32.1. The van der Waals surface area contributed by atoms with Gasteiger partial charge in [-0.1, -0.05) is 12.1 Å². The second-order valence-corrected chi connectivity index (χ2v) is 15.2. The topological polar surface area (TPSA) is 116 Å². The van der Waals surface area contributed by atoms with E-state index in [9.17, 15) is 17.6 Å². The van der Waals surface area contributed by atoms with Gasteiger partial charge in [0.2, 0.25) is 21.8 Å². The predicted octanol–water partition coefficient (Wildman–Crippen LogP) is 2.60. The van der Waals surface area contributed by atoms with Gasteiger partial charge in [-0.2, -0.15) is 4.98 Å². The number of nitrogens with one attached hydrogen (secondary N) is 2. The first-order chi connectivity index (χ1) is 21.5. The molecule has 45 heavy (non-hydrogen) atoms. The van der Waals surface area contributed by atoms with Gasteiger partial charge in [0.15, 0.2) is 0 Å². The third-order valence-electron chi connectivity index (χ3n) is 9.32. The third kappa shape index (κ3) is 7.27. The summed E-state index contributed by atoms with van der Waals surface area (Å²) in [7, 11) is -3.61. The van der Waals surface area contributed by atoms with E-state index in [4.69, 9.17) is 9.47 Å². The van der Waals surface area contributed by atoms with E-state index in [1.807, 2.05) is 6.92 Å². The molecule has 1 saturated carbocycles. The van der Waals surface area contributed by atoms with Crippen LogP contribution in [-0.4, -0.2) is 111 Å². The van der Waals surface area contributed by atoms with E-state index in [-0.39, 0.29) is 54.7 Å². The molecule has 4 aliphatic rings. The number of sulfonamides is 1. The van der Waals surface area contributed by atoms with Crippen molar-refractivity contribution in [2.45, 2.75) is 82.4 Å². The molecule has 2 N–H and O–H groups in total. The van der Waals surface area contributed by atoms with Gasteiger partial charge in [-0.05, 0) is 64.3 Å². The van der Waals surface area contributed by atoms with Crippen molar-refractivity contribution in [3.63, 3.8) is 0 Å². The van der Waals surface area contributed by atoms with Crippen molar-refractivity contribution >= 4 is 27.4 Å². The highest BCUT2D eigenvalue weighted by Gasteiger charge is 2.39. The molecular weight excluding hydrogens is 599 g/mol. The lowest BCUT2D eigenvalue weighted by molar-refractivity contribution is -0.122. The van der Waals surface area contributed by atoms with Gasteiger partial charge in [-0.25, -0.2) is 12.8 Å². The van der Waals surface area contributed by atoms with Crippen LogP contribution >= 0.6 is 0 Å². The summed E-state index contributed by atoms with van der Waals surface area (Å²) in [6.07, 6.45) is 1.52. The van der Waals surface area contributed by atoms with E-state index in [1.165, 1.54) is 12.1 Å². The molecule has 0 bridgehead atoms. The van der Waals surface area contributed by atoms with Crippen molar-refractivity contribution < 1.29 is 27.1 Å². The first-order valence-corrected chi connectivity index (χ1v) is 17.6. The number of halogens is 1. The lowest BCUT2D eigenvalue weighted by Gasteiger charge is -2.46. The number of nitrogens with zero attached hydrogens (tertiary/aromatic N) is 4. The monoisotopic (exact) mass is 644 g/mol. The number of fused-ring (bicyclic) bond motifs is 1. The molecule has 0 spiro atoms. The lowest BCUT2D eigenvalue weighted by Crippen LogP contribution is -2.63. The number of piperazine rings is 1. The third-order valence-corrected chi connectivity index (χ3v) is 11.2. The van der Waals surface area contributed by atoms with Crippen molar-refractivity contribution in [2.24, 2.45) is 0 Å². The van der Waals surface area contributed by atoms with E-state index in [2.05, 4.69) is 45.6 Å². The number of pyridine rings is 1. The zero-order valence-corrected chi connectivity index (χ0v) is 27.4. The van der Waals surface area contributed by atoms with E-state index in [0.29, 0.717) is 55.8 Å². The zero-order valence-electron chi connectivity index (χ0n) is 26.5. The van der Waals surface area contributed by atoms with Crippen LogP contribution in [0.1, 0.15) is 51.7 Å². The molecule has 3 aliphatic heterocycles. The van der Waals surface area contributed by atoms with Crippen LogP contribution in [0.5, 0.6) is 5.88 Å². The molecule has 3 fully saturated rings. The molecule has 246 valence electrons. The minimum absolute atomic E-state index is 0.0601. The van der Waals surface area contributed by atoms with E-state index in [1.54, 1.807) is 23.1 Å². The first-order valence-electron chi connectivity index (χ1n) is 16.0. The van der Waals surface area contributed by atoms with E-state index < -0.39 is 15.3 Å². The van der Waals surface area contributed by atoms with E-state index >= 15 is 0 Å². The number of aromatic nitrogens is 1. The van der Waals surface area contributed by atoms with Gasteiger partial charge in [0, 0.05) is 55.8 Å². The largest absolute Gasteiger partial charge is 0.474 e. The Kier molecular flexibility index (Phi) is 9.36. The normalized spacial score (nSPS) is 27.9. The number of benzene rings is 1.